The summed E-state index contributed by atoms with van der Waals surface area (Å²) >= 11 is 0. The molecule has 1 aliphatic heterocycles. The van der Waals surface area contributed by atoms with Crippen molar-refractivity contribution < 1.29 is 24.8 Å². The molecule has 1 rings (SSSR count). The Bertz CT molecular complexity index is 396. The highest BCUT2D eigenvalue weighted by Crippen LogP contribution is 2.20. The van der Waals surface area contributed by atoms with Gasteiger partial charge in [-0.3, -0.25) is 0 Å². The minimum absolute atomic E-state index is 0.0207. The third kappa shape index (κ3) is 9.47. The molecule has 3 N–H and O–H groups in total. The maximum atomic E-state index is 9.80. The lowest BCUT2D eigenvalue weighted by Crippen LogP contribution is -2.53. The van der Waals surface area contributed by atoms with Gasteiger partial charge in [0.1, 0.15) is 18.3 Å². The number of rotatable bonds is 12. The van der Waals surface area contributed by atoms with E-state index in [9.17, 15) is 15.3 Å². The van der Waals surface area contributed by atoms with Crippen molar-refractivity contribution in [3.63, 3.8) is 0 Å². The standard InChI is InChI=1S/C21H40O5/c1-15(2)8-5-9-16(3)10-6-11-17(4)12-7-13-25-21-20(24)19(23)18(22)14-26-21/h12,15-16,18-24H,5-11,13-14H2,1-4H3/t16?,18-,19+,20-,21?/m1/s1. The summed E-state index contributed by atoms with van der Waals surface area (Å²) in [7, 11) is 0. The Morgan fingerprint density at radius 2 is 1.77 bits per heavy atom. The second kappa shape index (κ2) is 12.8. The van der Waals surface area contributed by atoms with Crippen LogP contribution in [0.4, 0.5) is 0 Å². The van der Waals surface area contributed by atoms with Crippen LogP contribution < -0.4 is 0 Å². The van der Waals surface area contributed by atoms with Gasteiger partial charge in [0.2, 0.25) is 0 Å². The van der Waals surface area contributed by atoms with Crippen molar-refractivity contribution in [3.05, 3.63) is 11.6 Å². The van der Waals surface area contributed by atoms with Crippen molar-refractivity contribution in [1.82, 2.24) is 0 Å². The Kier molecular flexibility index (Phi) is 11.6. The van der Waals surface area contributed by atoms with Crippen LogP contribution in [0.1, 0.15) is 72.6 Å². The van der Waals surface area contributed by atoms with Crippen LogP contribution in [0.3, 0.4) is 0 Å². The molecule has 0 aliphatic carbocycles. The van der Waals surface area contributed by atoms with E-state index >= 15 is 0 Å². The molecule has 0 aromatic carbocycles. The molecule has 1 saturated heterocycles. The molecule has 0 aromatic rings. The molecular weight excluding hydrogens is 332 g/mol. The third-order valence-corrected chi connectivity index (χ3v) is 5.09. The van der Waals surface area contributed by atoms with Crippen LogP contribution in [0.25, 0.3) is 0 Å². The molecule has 5 atom stereocenters. The van der Waals surface area contributed by atoms with E-state index in [4.69, 9.17) is 9.47 Å². The van der Waals surface area contributed by atoms with E-state index in [1.807, 2.05) is 0 Å². The molecule has 0 radical (unpaired) electrons. The van der Waals surface area contributed by atoms with Crippen LogP contribution in [0, 0.1) is 11.8 Å². The summed E-state index contributed by atoms with van der Waals surface area (Å²) < 4.78 is 10.7. The molecule has 26 heavy (non-hydrogen) atoms. The zero-order valence-corrected chi connectivity index (χ0v) is 17.1. The van der Waals surface area contributed by atoms with Crippen LogP contribution in [-0.4, -0.2) is 53.1 Å². The van der Waals surface area contributed by atoms with E-state index in [2.05, 4.69) is 33.8 Å². The number of hydrogen-bond donors (Lipinski definition) is 3. The lowest BCUT2D eigenvalue weighted by Gasteiger charge is -2.34. The second-order valence-corrected chi connectivity index (χ2v) is 8.28. The van der Waals surface area contributed by atoms with Crippen molar-refractivity contribution in [2.24, 2.45) is 11.8 Å². The SMILES string of the molecule is CC(=CCCOC1OC[C@@H](O)[C@H](O)[C@H]1O)CCCC(C)CCCC(C)C. The molecule has 2 unspecified atom stereocenters. The fourth-order valence-electron chi connectivity index (χ4n) is 3.27. The van der Waals surface area contributed by atoms with Crippen molar-refractivity contribution in [1.29, 1.82) is 0 Å². The van der Waals surface area contributed by atoms with Gasteiger partial charge >= 0.3 is 0 Å². The third-order valence-electron chi connectivity index (χ3n) is 5.09. The first-order chi connectivity index (χ1) is 12.3. The average Bonchev–Trinajstić information content (AvgIpc) is 2.58. The summed E-state index contributed by atoms with van der Waals surface area (Å²) in [6.07, 6.45) is 6.20. The van der Waals surface area contributed by atoms with Crippen LogP contribution in [0.15, 0.2) is 11.6 Å². The summed E-state index contributed by atoms with van der Waals surface area (Å²) in [5.41, 5.74) is 1.36. The monoisotopic (exact) mass is 372 g/mol. The number of aliphatic hydroxyl groups excluding tert-OH is 3. The summed E-state index contributed by atoms with van der Waals surface area (Å²) in [6.45, 7) is 9.48. The predicted molar refractivity (Wildman–Crippen MR) is 104 cm³/mol. The molecule has 5 heteroatoms. The first-order valence-electron chi connectivity index (χ1n) is 10.2. The smallest absolute Gasteiger partial charge is 0.186 e. The van der Waals surface area contributed by atoms with Gasteiger partial charge in [0.05, 0.1) is 13.2 Å². The fourth-order valence-corrected chi connectivity index (χ4v) is 3.27. The van der Waals surface area contributed by atoms with E-state index in [1.54, 1.807) is 0 Å². The molecule has 154 valence electrons. The number of allylic oxidation sites excluding steroid dienone is 1. The van der Waals surface area contributed by atoms with Gasteiger partial charge in [-0.25, -0.2) is 0 Å². The maximum absolute atomic E-state index is 9.80. The zero-order chi connectivity index (χ0) is 19.5. The highest BCUT2D eigenvalue weighted by atomic mass is 16.7. The number of ether oxygens (including phenoxy) is 2. The molecule has 1 aliphatic rings. The summed E-state index contributed by atoms with van der Waals surface area (Å²) in [6, 6.07) is 0. The Hall–Kier alpha value is -0.460. The molecule has 0 bridgehead atoms. The average molecular weight is 373 g/mol. The van der Waals surface area contributed by atoms with Gasteiger partial charge in [0.15, 0.2) is 6.29 Å². The second-order valence-electron chi connectivity index (χ2n) is 8.28. The summed E-state index contributed by atoms with van der Waals surface area (Å²) in [5, 5.41) is 28.8. The number of hydrogen-bond acceptors (Lipinski definition) is 5. The van der Waals surface area contributed by atoms with Crippen LogP contribution in [0.2, 0.25) is 0 Å². The molecular formula is C21H40O5. The fraction of sp³-hybridized carbons (Fsp3) is 0.905. The Balaban J connectivity index is 2.10. The van der Waals surface area contributed by atoms with E-state index in [0.717, 1.165) is 24.7 Å². The molecule has 1 fully saturated rings. The highest BCUT2D eigenvalue weighted by Gasteiger charge is 2.37. The van der Waals surface area contributed by atoms with Crippen LogP contribution >= 0.6 is 0 Å². The lowest BCUT2D eigenvalue weighted by molar-refractivity contribution is -0.269. The van der Waals surface area contributed by atoms with Gasteiger partial charge in [-0.15, -0.1) is 0 Å². The van der Waals surface area contributed by atoms with Gasteiger partial charge in [0, 0.05) is 0 Å². The van der Waals surface area contributed by atoms with Crippen molar-refractivity contribution in [2.75, 3.05) is 13.2 Å². The number of aliphatic hydroxyl groups is 3. The lowest BCUT2D eigenvalue weighted by atomic mass is 9.94. The minimum Gasteiger partial charge on any atom is -0.388 e. The maximum Gasteiger partial charge on any atom is 0.186 e. The quantitative estimate of drug-likeness (QED) is 0.361. The summed E-state index contributed by atoms with van der Waals surface area (Å²) in [5.74, 6) is 1.61. The van der Waals surface area contributed by atoms with Crippen LogP contribution in [-0.2, 0) is 9.47 Å². The molecule has 5 nitrogen and oxygen atoms in total. The van der Waals surface area contributed by atoms with E-state index in [0.29, 0.717) is 6.61 Å². The predicted octanol–water partition coefficient (Wildman–Crippen LogP) is 3.41. The molecule has 0 saturated carbocycles. The van der Waals surface area contributed by atoms with Gasteiger partial charge in [-0.2, -0.15) is 0 Å². The first-order valence-corrected chi connectivity index (χ1v) is 10.2. The van der Waals surface area contributed by atoms with Crippen LogP contribution in [0.5, 0.6) is 0 Å². The van der Waals surface area contributed by atoms with Gasteiger partial charge < -0.3 is 24.8 Å². The Morgan fingerprint density at radius 1 is 1.08 bits per heavy atom. The van der Waals surface area contributed by atoms with Gasteiger partial charge in [-0.1, -0.05) is 58.1 Å². The van der Waals surface area contributed by atoms with E-state index in [-0.39, 0.29) is 6.61 Å². The van der Waals surface area contributed by atoms with Gasteiger partial charge in [-0.05, 0) is 38.0 Å². The first kappa shape index (κ1) is 23.6. The van der Waals surface area contributed by atoms with E-state index < -0.39 is 24.6 Å². The zero-order valence-electron chi connectivity index (χ0n) is 17.1. The summed E-state index contributed by atoms with van der Waals surface area (Å²) in [4.78, 5) is 0. The largest absolute Gasteiger partial charge is 0.388 e. The highest BCUT2D eigenvalue weighted by molar-refractivity contribution is 4.97. The van der Waals surface area contributed by atoms with Crippen molar-refractivity contribution in [2.45, 2.75) is 97.2 Å². The van der Waals surface area contributed by atoms with Crippen molar-refractivity contribution in [3.8, 4) is 0 Å². The Labute approximate surface area is 159 Å². The van der Waals surface area contributed by atoms with Gasteiger partial charge in [0.25, 0.3) is 0 Å². The normalized spacial score (nSPS) is 28.5. The molecule has 0 spiro atoms. The molecule has 0 aromatic heterocycles. The topological polar surface area (TPSA) is 79.2 Å². The van der Waals surface area contributed by atoms with Crippen molar-refractivity contribution >= 4 is 0 Å². The molecule has 1 heterocycles. The van der Waals surface area contributed by atoms with E-state index in [1.165, 1.54) is 37.7 Å². The minimum atomic E-state index is -1.21. The molecule has 0 amide bonds. The Morgan fingerprint density at radius 3 is 2.46 bits per heavy atom.